The Labute approximate surface area is 117 Å². The first kappa shape index (κ1) is 13.4. The number of rotatable bonds is 2. The second kappa shape index (κ2) is 4.75. The first-order chi connectivity index (χ1) is 9.48. The van der Waals surface area contributed by atoms with Crippen LogP contribution < -0.4 is 10.1 Å². The largest absolute Gasteiger partial charge is 0.479 e. The van der Waals surface area contributed by atoms with E-state index in [4.69, 9.17) is 4.74 Å². The SMILES string of the molecule is C[C@H]1Oc2cc(S(=O)(=O)N3CCCC3)ccc2NC1=O. The molecule has 1 aromatic carbocycles. The van der Waals surface area contributed by atoms with Crippen molar-refractivity contribution in [1.29, 1.82) is 0 Å². The number of sulfonamides is 1. The smallest absolute Gasteiger partial charge is 0.265 e. The minimum absolute atomic E-state index is 0.210. The second-order valence-corrected chi connectivity index (χ2v) is 6.96. The molecule has 7 heteroatoms. The Bertz CT molecular complexity index is 650. The number of anilines is 1. The molecule has 0 bridgehead atoms. The lowest BCUT2D eigenvalue weighted by atomic mass is 10.2. The van der Waals surface area contributed by atoms with Crippen molar-refractivity contribution < 1.29 is 17.9 Å². The standard InChI is InChI=1S/C13H16N2O4S/c1-9-13(16)14-11-5-4-10(8-12(11)19-9)20(17,18)15-6-2-3-7-15/h4-5,8-9H,2-3,6-7H2,1H3,(H,14,16)/t9-/m1/s1. The maximum absolute atomic E-state index is 12.4. The van der Waals surface area contributed by atoms with E-state index >= 15 is 0 Å². The molecule has 0 saturated carbocycles. The molecule has 0 unspecified atom stereocenters. The third-order valence-corrected chi connectivity index (χ3v) is 5.48. The van der Waals surface area contributed by atoms with Gasteiger partial charge in [-0.15, -0.1) is 0 Å². The van der Waals surface area contributed by atoms with E-state index in [1.807, 2.05) is 0 Å². The molecule has 6 nitrogen and oxygen atoms in total. The first-order valence-electron chi connectivity index (χ1n) is 6.60. The van der Waals surface area contributed by atoms with Gasteiger partial charge in [0.15, 0.2) is 6.10 Å². The molecular formula is C13H16N2O4S. The molecule has 0 aromatic heterocycles. The lowest BCUT2D eigenvalue weighted by Gasteiger charge is -2.24. The summed E-state index contributed by atoms with van der Waals surface area (Å²) in [4.78, 5) is 11.7. The van der Waals surface area contributed by atoms with Crippen LogP contribution in [0, 0.1) is 0 Å². The Hall–Kier alpha value is -1.60. The summed E-state index contributed by atoms with van der Waals surface area (Å²) in [6, 6.07) is 4.56. The fourth-order valence-electron chi connectivity index (χ4n) is 2.42. The number of nitrogens with one attached hydrogen (secondary N) is 1. The topological polar surface area (TPSA) is 75.7 Å². The number of benzene rings is 1. The summed E-state index contributed by atoms with van der Waals surface area (Å²) in [5.74, 6) is 0.171. The highest BCUT2D eigenvalue weighted by Gasteiger charge is 2.30. The highest BCUT2D eigenvalue weighted by molar-refractivity contribution is 7.89. The van der Waals surface area contributed by atoms with Crippen LogP contribution in [0.1, 0.15) is 19.8 Å². The van der Waals surface area contributed by atoms with Gasteiger partial charge >= 0.3 is 0 Å². The van der Waals surface area contributed by atoms with Crippen molar-refractivity contribution in [2.24, 2.45) is 0 Å². The number of carbonyl (C=O) groups excluding carboxylic acids is 1. The van der Waals surface area contributed by atoms with Crippen molar-refractivity contribution in [3.63, 3.8) is 0 Å². The third-order valence-electron chi connectivity index (χ3n) is 3.59. The molecule has 1 aromatic rings. The van der Waals surface area contributed by atoms with Gasteiger partial charge < -0.3 is 10.1 Å². The normalized spacial score (nSPS) is 23.1. The van der Waals surface area contributed by atoms with Crippen LogP contribution in [0.4, 0.5) is 5.69 Å². The third kappa shape index (κ3) is 2.16. The molecule has 0 aliphatic carbocycles. The lowest BCUT2D eigenvalue weighted by Crippen LogP contribution is -2.34. The summed E-state index contributed by atoms with van der Waals surface area (Å²) in [5.41, 5.74) is 0.508. The number of ether oxygens (including phenoxy) is 1. The lowest BCUT2D eigenvalue weighted by molar-refractivity contribution is -0.122. The number of nitrogens with zero attached hydrogens (tertiary/aromatic N) is 1. The molecule has 0 spiro atoms. The Balaban J connectivity index is 1.96. The Morgan fingerprint density at radius 1 is 1.30 bits per heavy atom. The average molecular weight is 296 g/mol. The molecule has 1 atom stereocenters. The molecule has 20 heavy (non-hydrogen) atoms. The Kier molecular flexibility index (Phi) is 3.18. The molecule has 108 valence electrons. The van der Waals surface area contributed by atoms with E-state index in [1.54, 1.807) is 13.0 Å². The van der Waals surface area contributed by atoms with Gasteiger partial charge in [0.2, 0.25) is 10.0 Å². The van der Waals surface area contributed by atoms with Crippen molar-refractivity contribution in [3.8, 4) is 5.75 Å². The van der Waals surface area contributed by atoms with Crippen LogP contribution in [-0.4, -0.2) is 37.8 Å². The van der Waals surface area contributed by atoms with Crippen molar-refractivity contribution in [3.05, 3.63) is 18.2 Å². The maximum atomic E-state index is 12.4. The van der Waals surface area contributed by atoms with Gasteiger partial charge in [-0.2, -0.15) is 4.31 Å². The van der Waals surface area contributed by atoms with Gasteiger partial charge in [-0.1, -0.05) is 0 Å². The minimum atomic E-state index is -3.46. The zero-order chi connectivity index (χ0) is 14.3. The van der Waals surface area contributed by atoms with E-state index in [9.17, 15) is 13.2 Å². The van der Waals surface area contributed by atoms with Gasteiger partial charge in [-0.25, -0.2) is 8.42 Å². The summed E-state index contributed by atoms with van der Waals surface area (Å²) in [5, 5.41) is 2.69. The predicted molar refractivity (Wildman–Crippen MR) is 73.2 cm³/mol. The quantitative estimate of drug-likeness (QED) is 0.889. The summed E-state index contributed by atoms with van der Waals surface area (Å²) >= 11 is 0. The number of carbonyl (C=O) groups is 1. The van der Waals surface area contributed by atoms with E-state index in [0.29, 0.717) is 24.5 Å². The van der Waals surface area contributed by atoms with Gasteiger partial charge in [0.05, 0.1) is 10.6 Å². The zero-order valence-corrected chi connectivity index (χ0v) is 11.9. The molecular weight excluding hydrogens is 280 g/mol. The zero-order valence-electron chi connectivity index (χ0n) is 11.1. The summed E-state index contributed by atoms with van der Waals surface area (Å²) in [6.45, 7) is 2.75. The van der Waals surface area contributed by atoms with E-state index < -0.39 is 16.1 Å². The minimum Gasteiger partial charge on any atom is -0.479 e. The first-order valence-corrected chi connectivity index (χ1v) is 8.04. The molecule has 3 rings (SSSR count). The summed E-state index contributed by atoms with van der Waals surface area (Å²) in [7, 11) is -3.46. The fraction of sp³-hybridized carbons (Fsp3) is 0.462. The predicted octanol–water partition coefficient (Wildman–Crippen LogP) is 1.19. The van der Waals surface area contributed by atoms with Gasteiger partial charge in [-0.3, -0.25) is 4.79 Å². The van der Waals surface area contributed by atoms with Crippen LogP contribution in [0.2, 0.25) is 0 Å². The summed E-state index contributed by atoms with van der Waals surface area (Å²) in [6.07, 6.45) is 1.17. The van der Waals surface area contributed by atoms with E-state index in [2.05, 4.69) is 5.32 Å². The molecule has 2 heterocycles. The molecule has 2 aliphatic heterocycles. The maximum Gasteiger partial charge on any atom is 0.265 e. The van der Waals surface area contributed by atoms with Gasteiger partial charge in [0.1, 0.15) is 5.75 Å². The summed E-state index contributed by atoms with van der Waals surface area (Å²) < 4.78 is 31.8. The number of hydrogen-bond donors (Lipinski definition) is 1. The van der Waals surface area contributed by atoms with Crippen molar-refractivity contribution >= 4 is 21.6 Å². The van der Waals surface area contributed by atoms with Crippen molar-refractivity contribution in [1.82, 2.24) is 4.31 Å². The van der Waals surface area contributed by atoms with Gasteiger partial charge in [-0.05, 0) is 31.9 Å². The second-order valence-electron chi connectivity index (χ2n) is 5.02. The number of fused-ring (bicyclic) bond motifs is 1. The van der Waals surface area contributed by atoms with Crippen LogP contribution in [0.3, 0.4) is 0 Å². The number of hydrogen-bond acceptors (Lipinski definition) is 4. The monoisotopic (exact) mass is 296 g/mol. The van der Waals surface area contributed by atoms with Crippen molar-refractivity contribution in [2.45, 2.75) is 30.8 Å². The molecule has 1 saturated heterocycles. The highest BCUT2D eigenvalue weighted by atomic mass is 32.2. The van der Waals surface area contributed by atoms with Gasteiger partial charge in [0.25, 0.3) is 5.91 Å². The molecule has 1 N–H and O–H groups in total. The van der Waals surface area contributed by atoms with E-state index in [1.165, 1.54) is 16.4 Å². The van der Waals surface area contributed by atoms with Crippen molar-refractivity contribution in [2.75, 3.05) is 18.4 Å². The molecule has 1 amide bonds. The Morgan fingerprint density at radius 2 is 2.00 bits per heavy atom. The number of amides is 1. The van der Waals surface area contributed by atoms with Crippen LogP contribution >= 0.6 is 0 Å². The Morgan fingerprint density at radius 3 is 2.70 bits per heavy atom. The molecule has 1 fully saturated rings. The fourth-order valence-corrected chi connectivity index (χ4v) is 3.95. The van der Waals surface area contributed by atoms with Crippen LogP contribution in [0.25, 0.3) is 0 Å². The van der Waals surface area contributed by atoms with E-state index in [-0.39, 0.29) is 10.8 Å². The molecule has 2 aliphatic rings. The van der Waals surface area contributed by atoms with Gasteiger partial charge in [0, 0.05) is 19.2 Å². The average Bonchev–Trinajstić information content (AvgIpc) is 2.94. The molecule has 0 radical (unpaired) electrons. The van der Waals surface area contributed by atoms with Crippen LogP contribution in [-0.2, 0) is 14.8 Å². The van der Waals surface area contributed by atoms with Crippen LogP contribution in [0.5, 0.6) is 5.75 Å². The highest BCUT2D eigenvalue weighted by Crippen LogP contribution is 2.33. The van der Waals surface area contributed by atoms with Crippen LogP contribution in [0.15, 0.2) is 23.1 Å². The van der Waals surface area contributed by atoms with E-state index in [0.717, 1.165) is 12.8 Å².